The van der Waals surface area contributed by atoms with E-state index in [2.05, 4.69) is 29.9 Å². The smallest absolute Gasteiger partial charge is 0.147 e. The molecule has 2 rings (SSSR count). The van der Waals surface area contributed by atoms with Crippen LogP contribution in [0.15, 0.2) is 35.3 Å². The normalized spacial score (nSPS) is 23.2. The first-order valence-corrected chi connectivity index (χ1v) is 4.83. The molecule has 1 unspecified atom stereocenters. The van der Waals surface area contributed by atoms with Gasteiger partial charge in [-0.1, -0.05) is 43.1 Å². The van der Waals surface area contributed by atoms with Gasteiger partial charge in [0.15, 0.2) is 0 Å². The number of benzene rings is 1. The van der Waals surface area contributed by atoms with Crippen molar-refractivity contribution < 1.29 is 0 Å². The lowest BCUT2D eigenvalue weighted by Gasteiger charge is -2.14. The third-order valence-corrected chi connectivity index (χ3v) is 2.80. The highest BCUT2D eigenvalue weighted by molar-refractivity contribution is 8.15. The van der Waals surface area contributed by atoms with Crippen molar-refractivity contribution in [3.05, 3.63) is 35.9 Å². The molecule has 1 aromatic carbocycles. The van der Waals surface area contributed by atoms with E-state index in [1.807, 2.05) is 27.5 Å². The number of hydrogen-bond donors (Lipinski definition) is 1. The Morgan fingerprint density at radius 3 is 2.67 bits per heavy atom. The topological polar surface area (TPSA) is 15.6 Å². The molecule has 0 N–H and O–H groups in total. The SMILES string of the molecule is SN1SC=NC1c1ccccc1. The van der Waals surface area contributed by atoms with Gasteiger partial charge in [-0.05, 0) is 17.5 Å². The van der Waals surface area contributed by atoms with E-state index in [1.54, 1.807) is 0 Å². The summed E-state index contributed by atoms with van der Waals surface area (Å²) < 4.78 is 1.83. The molecule has 0 bridgehead atoms. The van der Waals surface area contributed by atoms with Gasteiger partial charge < -0.3 is 0 Å². The molecule has 0 saturated heterocycles. The molecule has 1 heterocycles. The molecule has 1 aromatic rings. The van der Waals surface area contributed by atoms with Gasteiger partial charge in [-0.3, -0.25) is 4.99 Å². The predicted octanol–water partition coefficient (Wildman–Crippen LogP) is 2.52. The van der Waals surface area contributed by atoms with Crippen molar-refractivity contribution >= 4 is 30.3 Å². The third kappa shape index (κ3) is 1.50. The maximum atomic E-state index is 4.27. The fourth-order valence-corrected chi connectivity index (χ4v) is 1.96. The first-order chi connectivity index (χ1) is 5.88. The van der Waals surface area contributed by atoms with Crippen LogP contribution in [0, 0.1) is 0 Å². The predicted molar refractivity (Wildman–Crippen MR) is 56.1 cm³/mol. The fourth-order valence-electron chi connectivity index (χ4n) is 1.09. The maximum Gasteiger partial charge on any atom is 0.147 e. The van der Waals surface area contributed by atoms with E-state index in [0.717, 1.165) is 0 Å². The molecule has 0 aromatic heterocycles. The van der Waals surface area contributed by atoms with Crippen LogP contribution >= 0.6 is 24.8 Å². The summed E-state index contributed by atoms with van der Waals surface area (Å²) in [5, 5.41) is 0. The van der Waals surface area contributed by atoms with E-state index in [0.29, 0.717) is 0 Å². The van der Waals surface area contributed by atoms with Crippen molar-refractivity contribution in [1.82, 2.24) is 3.71 Å². The molecular weight excluding hydrogens is 188 g/mol. The third-order valence-electron chi connectivity index (χ3n) is 1.66. The van der Waals surface area contributed by atoms with Crippen LogP contribution in [0.5, 0.6) is 0 Å². The average molecular weight is 196 g/mol. The molecule has 2 nitrogen and oxygen atoms in total. The zero-order chi connectivity index (χ0) is 8.39. The van der Waals surface area contributed by atoms with Gasteiger partial charge in [-0.15, -0.1) is 0 Å². The molecule has 0 radical (unpaired) electrons. The molecule has 0 spiro atoms. The van der Waals surface area contributed by atoms with E-state index >= 15 is 0 Å². The minimum Gasteiger partial charge on any atom is -0.259 e. The second kappa shape index (κ2) is 3.51. The number of aliphatic imine (C=N–C) groups is 1. The van der Waals surface area contributed by atoms with E-state index < -0.39 is 0 Å². The van der Waals surface area contributed by atoms with Gasteiger partial charge in [-0.2, -0.15) is 3.71 Å². The highest BCUT2D eigenvalue weighted by atomic mass is 32.2. The summed E-state index contributed by atoms with van der Waals surface area (Å²) in [7, 11) is 0. The van der Waals surface area contributed by atoms with Gasteiger partial charge in [0.05, 0.1) is 5.55 Å². The Bertz CT molecular complexity index is 286. The van der Waals surface area contributed by atoms with Crippen LogP contribution in [-0.2, 0) is 0 Å². The van der Waals surface area contributed by atoms with E-state index in [-0.39, 0.29) is 6.17 Å². The summed E-state index contributed by atoms with van der Waals surface area (Å²) >= 11 is 5.78. The molecule has 0 fully saturated rings. The zero-order valence-electron chi connectivity index (χ0n) is 6.29. The van der Waals surface area contributed by atoms with Crippen molar-refractivity contribution in [2.24, 2.45) is 4.99 Å². The first kappa shape index (κ1) is 8.16. The highest BCUT2D eigenvalue weighted by Crippen LogP contribution is 2.33. The molecule has 0 aliphatic carbocycles. The van der Waals surface area contributed by atoms with Crippen molar-refractivity contribution in [3.8, 4) is 0 Å². The van der Waals surface area contributed by atoms with Crippen LogP contribution in [0.25, 0.3) is 0 Å². The Morgan fingerprint density at radius 1 is 1.33 bits per heavy atom. The van der Waals surface area contributed by atoms with Gasteiger partial charge in [0.25, 0.3) is 0 Å². The van der Waals surface area contributed by atoms with Crippen molar-refractivity contribution in [2.45, 2.75) is 6.17 Å². The summed E-state index contributed by atoms with van der Waals surface area (Å²) in [6, 6.07) is 10.1. The number of thiol groups is 1. The van der Waals surface area contributed by atoms with Gasteiger partial charge in [-0.25, -0.2) is 0 Å². The lowest BCUT2D eigenvalue weighted by Crippen LogP contribution is -2.04. The molecule has 1 atom stereocenters. The van der Waals surface area contributed by atoms with Gasteiger partial charge >= 0.3 is 0 Å². The van der Waals surface area contributed by atoms with Crippen molar-refractivity contribution in [3.63, 3.8) is 0 Å². The molecule has 0 amide bonds. The van der Waals surface area contributed by atoms with Gasteiger partial charge in [0, 0.05) is 0 Å². The number of hydrogen-bond acceptors (Lipinski definition) is 4. The standard InChI is InChI=1S/C8H8N2S2/c11-10-8(9-6-12-10)7-4-2-1-3-5-7/h1-6,8,11H. The summed E-state index contributed by atoms with van der Waals surface area (Å²) in [5.74, 6) is 0. The monoisotopic (exact) mass is 196 g/mol. The quantitative estimate of drug-likeness (QED) is 0.548. The molecule has 4 heteroatoms. The maximum absolute atomic E-state index is 4.27. The van der Waals surface area contributed by atoms with Crippen molar-refractivity contribution in [2.75, 3.05) is 0 Å². The number of nitrogens with zero attached hydrogens (tertiary/aromatic N) is 2. The van der Waals surface area contributed by atoms with Gasteiger partial charge in [0.1, 0.15) is 6.17 Å². The van der Waals surface area contributed by atoms with Crippen LogP contribution in [0.1, 0.15) is 11.7 Å². The minimum atomic E-state index is 0.0690. The lowest BCUT2D eigenvalue weighted by molar-refractivity contribution is 0.582. The first-order valence-electron chi connectivity index (χ1n) is 3.59. The van der Waals surface area contributed by atoms with Crippen LogP contribution in [0.2, 0.25) is 0 Å². The Labute approximate surface area is 81.4 Å². The molecular formula is C8H8N2S2. The molecule has 1 aliphatic rings. The van der Waals surface area contributed by atoms with Crippen molar-refractivity contribution in [1.29, 1.82) is 0 Å². The molecule has 1 aliphatic heterocycles. The van der Waals surface area contributed by atoms with E-state index in [9.17, 15) is 0 Å². The fraction of sp³-hybridized carbons (Fsp3) is 0.125. The zero-order valence-corrected chi connectivity index (χ0v) is 8.00. The Morgan fingerprint density at radius 2 is 2.08 bits per heavy atom. The number of rotatable bonds is 1. The van der Waals surface area contributed by atoms with Crippen LogP contribution < -0.4 is 0 Å². The van der Waals surface area contributed by atoms with Crippen LogP contribution in [0.4, 0.5) is 0 Å². The summed E-state index contributed by atoms with van der Waals surface area (Å²) in [5.41, 5.74) is 2.98. The molecule has 0 saturated carbocycles. The average Bonchev–Trinajstić information content (AvgIpc) is 2.53. The second-order valence-electron chi connectivity index (χ2n) is 2.45. The summed E-state index contributed by atoms with van der Waals surface area (Å²) in [4.78, 5) is 4.27. The van der Waals surface area contributed by atoms with Gasteiger partial charge in [0.2, 0.25) is 0 Å². The Hall–Kier alpha value is -0.450. The largest absolute Gasteiger partial charge is 0.259 e. The van der Waals surface area contributed by atoms with E-state index in [4.69, 9.17) is 0 Å². The summed E-state index contributed by atoms with van der Waals surface area (Å²) in [6.45, 7) is 0. The van der Waals surface area contributed by atoms with Crippen LogP contribution in [0.3, 0.4) is 0 Å². The minimum absolute atomic E-state index is 0.0690. The summed E-state index contributed by atoms with van der Waals surface area (Å²) in [6.07, 6.45) is 0.0690. The van der Waals surface area contributed by atoms with Crippen LogP contribution in [-0.4, -0.2) is 9.26 Å². The Balaban J connectivity index is 2.25. The molecule has 62 valence electrons. The Kier molecular flexibility index (Phi) is 2.39. The highest BCUT2D eigenvalue weighted by Gasteiger charge is 2.20. The second-order valence-corrected chi connectivity index (χ2v) is 3.96. The van der Waals surface area contributed by atoms with E-state index in [1.165, 1.54) is 17.5 Å². The lowest BCUT2D eigenvalue weighted by atomic mass is 10.2. The molecule has 12 heavy (non-hydrogen) atoms.